The fourth-order valence-electron chi connectivity index (χ4n) is 1.92. The molecule has 0 radical (unpaired) electrons. The molecule has 0 spiro atoms. The lowest BCUT2D eigenvalue weighted by Crippen LogP contribution is -2.26. The van der Waals surface area contributed by atoms with Gasteiger partial charge in [-0.1, -0.05) is 15.9 Å². The van der Waals surface area contributed by atoms with Gasteiger partial charge >= 0.3 is 0 Å². The van der Waals surface area contributed by atoms with Crippen LogP contribution in [0.4, 0.5) is 5.69 Å². The van der Waals surface area contributed by atoms with Gasteiger partial charge in [0.1, 0.15) is 5.75 Å². The summed E-state index contributed by atoms with van der Waals surface area (Å²) in [6.07, 6.45) is 1.05. The molecule has 1 aromatic rings. The van der Waals surface area contributed by atoms with Crippen LogP contribution in [0.2, 0.25) is 0 Å². The molecule has 0 saturated carbocycles. The second-order valence-electron chi connectivity index (χ2n) is 3.81. The second-order valence-corrected chi connectivity index (χ2v) is 4.73. The first-order chi connectivity index (χ1) is 7.20. The molecule has 1 unspecified atom stereocenters. The van der Waals surface area contributed by atoms with Gasteiger partial charge in [0.2, 0.25) is 0 Å². The van der Waals surface area contributed by atoms with Crippen molar-refractivity contribution in [3.05, 3.63) is 22.7 Å². The Hall–Kier alpha value is -0.740. The molecular weight excluding hydrogens is 256 g/mol. The van der Waals surface area contributed by atoms with E-state index in [4.69, 9.17) is 10.5 Å². The van der Waals surface area contributed by atoms with Crippen LogP contribution in [0.1, 0.15) is 6.42 Å². The SMILES string of the molecule is COc1ccc(Br)cc1N1CCC(N)C1. The molecule has 0 aromatic heterocycles. The third kappa shape index (κ3) is 2.26. The van der Waals surface area contributed by atoms with Crippen LogP contribution in [0.25, 0.3) is 0 Å². The molecule has 0 amide bonds. The molecule has 1 atom stereocenters. The summed E-state index contributed by atoms with van der Waals surface area (Å²) in [7, 11) is 1.70. The molecule has 0 bridgehead atoms. The molecule has 4 heteroatoms. The highest BCUT2D eigenvalue weighted by atomic mass is 79.9. The third-order valence-electron chi connectivity index (χ3n) is 2.71. The van der Waals surface area contributed by atoms with E-state index in [9.17, 15) is 0 Å². The van der Waals surface area contributed by atoms with Crippen LogP contribution < -0.4 is 15.4 Å². The van der Waals surface area contributed by atoms with Crippen molar-refractivity contribution in [1.82, 2.24) is 0 Å². The normalized spacial score (nSPS) is 20.7. The Morgan fingerprint density at radius 3 is 2.93 bits per heavy atom. The predicted molar refractivity (Wildman–Crippen MR) is 65.5 cm³/mol. The summed E-state index contributed by atoms with van der Waals surface area (Å²) in [5.74, 6) is 0.910. The van der Waals surface area contributed by atoms with Crippen LogP contribution in [-0.2, 0) is 0 Å². The van der Waals surface area contributed by atoms with Crippen LogP contribution >= 0.6 is 15.9 Å². The maximum Gasteiger partial charge on any atom is 0.142 e. The third-order valence-corrected chi connectivity index (χ3v) is 3.20. The van der Waals surface area contributed by atoms with Gasteiger partial charge in [0.15, 0.2) is 0 Å². The van der Waals surface area contributed by atoms with Crippen LogP contribution in [0.5, 0.6) is 5.75 Å². The number of nitrogens with zero attached hydrogens (tertiary/aromatic N) is 1. The lowest BCUT2D eigenvalue weighted by molar-refractivity contribution is 0.415. The highest BCUT2D eigenvalue weighted by molar-refractivity contribution is 9.10. The number of anilines is 1. The molecule has 1 aliphatic rings. The molecule has 1 aliphatic heterocycles. The summed E-state index contributed by atoms with van der Waals surface area (Å²) in [6, 6.07) is 6.33. The molecule has 2 N–H and O–H groups in total. The van der Waals surface area contributed by atoms with Crippen molar-refractivity contribution in [3.8, 4) is 5.75 Å². The van der Waals surface area contributed by atoms with Crippen LogP contribution in [0, 0.1) is 0 Å². The van der Waals surface area contributed by atoms with E-state index in [0.717, 1.165) is 35.4 Å². The molecule has 82 valence electrons. The number of halogens is 1. The van der Waals surface area contributed by atoms with Crippen molar-refractivity contribution < 1.29 is 4.74 Å². The molecule has 1 saturated heterocycles. The molecule has 2 rings (SSSR count). The maximum atomic E-state index is 5.90. The van der Waals surface area contributed by atoms with E-state index in [2.05, 4.69) is 26.9 Å². The van der Waals surface area contributed by atoms with Gasteiger partial charge in [0, 0.05) is 23.6 Å². The first kappa shape index (κ1) is 10.8. The first-order valence-corrected chi connectivity index (χ1v) is 5.84. The van der Waals surface area contributed by atoms with Crippen molar-refractivity contribution in [2.75, 3.05) is 25.1 Å². The van der Waals surface area contributed by atoms with E-state index in [-0.39, 0.29) is 6.04 Å². The average molecular weight is 271 g/mol. The van der Waals surface area contributed by atoms with Gasteiger partial charge in [-0.05, 0) is 24.6 Å². The zero-order valence-electron chi connectivity index (χ0n) is 8.74. The topological polar surface area (TPSA) is 38.5 Å². The molecule has 3 nitrogen and oxygen atoms in total. The van der Waals surface area contributed by atoms with Gasteiger partial charge in [0.05, 0.1) is 12.8 Å². The van der Waals surface area contributed by atoms with E-state index in [0.29, 0.717) is 0 Å². The molecule has 1 heterocycles. The molecular formula is C11H15BrN2O. The number of methoxy groups -OCH3 is 1. The Morgan fingerprint density at radius 2 is 2.33 bits per heavy atom. The summed E-state index contributed by atoms with van der Waals surface area (Å²) in [5.41, 5.74) is 7.02. The van der Waals surface area contributed by atoms with E-state index in [1.807, 2.05) is 12.1 Å². The van der Waals surface area contributed by atoms with Crippen LogP contribution in [-0.4, -0.2) is 26.2 Å². The smallest absolute Gasteiger partial charge is 0.142 e. The summed E-state index contributed by atoms with van der Waals surface area (Å²) in [4.78, 5) is 2.27. The van der Waals surface area contributed by atoms with Gasteiger partial charge in [-0.25, -0.2) is 0 Å². The fourth-order valence-corrected chi connectivity index (χ4v) is 2.27. The minimum absolute atomic E-state index is 0.286. The highest BCUT2D eigenvalue weighted by Crippen LogP contribution is 2.33. The zero-order valence-corrected chi connectivity index (χ0v) is 10.3. The quantitative estimate of drug-likeness (QED) is 0.894. The van der Waals surface area contributed by atoms with Crippen molar-refractivity contribution in [2.24, 2.45) is 5.73 Å². The van der Waals surface area contributed by atoms with Crippen LogP contribution in [0.3, 0.4) is 0 Å². The summed E-state index contributed by atoms with van der Waals surface area (Å²) in [6.45, 7) is 1.92. The molecule has 0 aliphatic carbocycles. The van der Waals surface area contributed by atoms with Gasteiger partial charge in [-0.3, -0.25) is 0 Å². The Morgan fingerprint density at radius 1 is 1.53 bits per heavy atom. The van der Waals surface area contributed by atoms with Gasteiger partial charge in [-0.2, -0.15) is 0 Å². The van der Waals surface area contributed by atoms with Crippen molar-refractivity contribution in [1.29, 1.82) is 0 Å². The van der Waals surface area contributed by atoms with E-state index in [1.54, 1.807) is 7.11 Å². The maximum absolute atomic E-state index is 5.90. The first-order valence-electron chi connectivity index (χ1n) is 5.05. The lowest BCUT2D eigenvalue weighted by atomic mass is 10.2. The highest BCUT2D eigenvalue weighted by Gasteiger charge is 2.21. The predicted octanol–water partition coefficient (Wildman–Crippen LogP) is 2.00. The number of rotatable bonds is 2. The van der Waals surface area contributed by atoms with Crippen molar-refractivity contribution in [2.45, 2.75) is 12.5 Å². The van der Waals surface area contributed by atoms with Crippen molar-refractivity contribution >= 4 is 21.6 Å². The molecule has 1 fully saturated rings. The minimum atomic E-state index is 0.286. The number of hydrogen-bond donors (Lipinski definition) is 1. The minimum Gasteiger partial charge on any atom is -0.495 e. The van der Waals surface area contributed by atoms with Gasteiger partial charge in [0.25, 0.3) is 0 Å². The number of benzene rings is 1. The summed E-state index contributed by atoms with van der Waals surface area (Å²) >= 11 is 3.47. The Labute approximate surface area is 98.3 Å². The second kappa shape index (κ2) is 4.41. The summed E-state index contributed by atoms with van der Waals surface area (Å²) < 4.78 is 6.41. The lowest BCUT2D eigenvalue weighted by Gasteiger charge is -2.21. The monoisotopic (exact) mass is 270 g/mol. The Kier molecular flexibility index (Phi) is 3.17. The Balaban J connectivity index is 2.29. The van der Waals surface area contributed by atoms with Crippen LogP contribution in [0.15, 0.2) is 22.7 Å². The van der Waals surface area contributed by atoms with Gasteiger partial charge in [-0.15, -0.1) is 0 Å². The van der Waals surface area contributed by atoms with Crippen molar-refractivity contribution in [3.63, 3.8) is 0 Å². The van der Waals surface area contributed by atoms with E-state index in [1.165, 1.54) is 0 Å². The molecule has 1 aromatic carbocycles. The van der Waals surface area contributed by atoms with Gasteiger partial charge < -0.3 is 15.4 Å². The standard InChI is InChI=1S/C11H15BrN2O/c1-15-11-3-2-8(12)6-10(11)14-5-4-9(13)7-14/h2-3,6,9H,4-5,7,13H2,1H3. The largest absolute Gasteiger partial charge is 0.495 e. The van der Waals surface area contributed by atoms with E-state index < -0.39 is 0 Å². The summed E-state index contributed by atoms with van der Waals surface area (Å²) in [5, 5.41) is 0. The zero-order chi connectivity index (χ0) is 10.8. The Bertz CT molecular complexity index is 356. The number of ether oxygens (including phenoxy) is 1. The fraction of sp³-hybridized carbons (Fsp3) is 0.455. The van der Waals surface area contributed by atoms with E-state index >= 15 is 0 Å². The number of hydrogen-bond acceptors (Lipinski definition) is 3. The average Bonchev–Trinajstić information content (AvgIpc) is 2.65. The number of nitrogens with two attached hydrogens (primary N) is 1. The molecule has 15 heavy (non-hydrogen) atoms.